The number of anilines is 1. The first-order valence-electron chi connectivity index (χ1n) is 7.25. The SMILES string of the molecule is CCOc1cc(-c2c(C(=O)O)c(N)[nH]c(=O)c2C(=O)O)cc(I)c1OC. The zero-order valence-corrected chi connectivity index (χ0v) is 15.9. The number of H-pyrrole nitrogens is 1. The molecule has 0 aliphatic heterocycles. The topological polar surface area (TPSA) is 152 Å². The highest BCUT2D eigenvalue weighted by molar-refractivity contribution is 14.1. The smallest absolute Gasteiger partial charge is 0.342 e. The lowest BCUT2D eigenvalue weighted by molar-refractivity contribution is 0.0695. The number of carboxylic acid groups (broad SMARTS) is 2. The van der Waals surface area contributed by atoms with E-state index in [0.29, 0.717) is 15.9 Å². The van der Waals surface area contributed by atoms with Crippen LogP contribution in [-0.4, -0.2) is 40.9 Å². The average Bonchev–Trinajstić information content (AvgIpc) is 2.53. The second-order valence-electron chi connectivity index (χ2n) is 5.03. The van der Waals surface area contributed by atoms with Gasteiger partial charge in [-0.25, -0.2) is 9.59 Å². The number of halogens is 1. The predicted octanol–water partition coefficient (Wildman–Crippen LogP) is 2.03. The van der Waals surface area contributed by atoms with Crippen LogP contribution in [0.15, 0.2) is 16.9 Å². The van der Waals surface area contributed by atoms with Gasteiger partial charge in [-0.15, -0.1) is 0 Å². The molecule has 0 aliphatic rings. The fourth-order valence-electron chi connectivity index (χ4n) is 2.51. The summed E-state index contributed by atoms with van der Waals surface area (Å²) in [5.74, 6) is -2.80. The van der Waals surface area contributed by atoms with Crippen LogP contribution in [0.5, 0.6) is 11.5 Å². The zero-order valence-electron chi connectivity index (χ0n) is 13.8. The summed E-state index contributed by atoms with van der Waals surface area (Å²) < 4.78 is 11.3. The molecule has 0 bridgehead atoms. The number of nitrogens with one attached hydrogen (secondary N) is 1. The van der Waals surface area contributed by atoms with Gasteiger partial charge in [0.15, 0.2) is 11.5 Å². The van der Waals surface area contributed by atoms with Gasteiger partial charge in [-0.1, -0.05) is 0 Å². The first-order valence-corrected chi connectivity index (χ1v) is 8.33. The van der Waals surface area contributed by atoms with Gasteiger partial charge in [0, 0.05) is 5.56 Å². The molecule has 0 fully saturated rings. The van der Waals surface area contributed by atoms with Gasteiger partial charge in [-0.3, -0.25) is 4.79 Å². The number of hydrogen-bond donors (Lipinski definition) is 4. The second kappa shape index (κ2) is 7.64. The van der Waals surface area contributed by atoms with E-state index in [1.807, 2.05) is 22.6 Å². The molecule has 10 heteroatoms. The molecule has 9 nitrogen and oxygen atoms in total. The van der Waals surface area contributed by atoms with Crippen LogP contribution in [0, 0.1) is 3.57 Å². The number of pyridine rings is 1. The van der Waals surface area contributed by atoms with Crippen molar-refractivity contribution in [2.45, 2.75) is 6.92 Å². The number of aromatic carboxylic acids is 2. The number of hydrogen-bond acceptors (Lipinski definition) is 6. The van der Waals surface area contributed by atoms with Gasteiger partial charge >= 0.3 is 11.9 Å². The zero-order chi connectivity index (χ0) is 19.6. The summed E-state index contributed by atoms with van der Waals surface area (Å²) >= 11 is 1.94. The summed E-state index contributed by atoms with van der Waals surface area (Å²) in [6, 6.07) is 2.91. The summed E-state index contributed by atoms with van der Waals surface area (Å²) in [6.07, 6.45) is 0. The normalized spacial score (nSPS) is 10.4. The van der Waals surface area contributed by atoms with Crippen molar-refractivity contribution < 1.29 is 29.3 Å². The number of benzene rings is 1. The largest absolute Gasteiger partial charge is 0.492 e. The molecule has 1 aromatic carbocycles. The van der Waals surface area contributed by atoms with Crippen molar-refractivity contribution in [2.24, 2.45) is 0 Å². The highest BCUT2D eigenvalue weighted by Gasteiger charge is 2.27. The van der Waals surface area contributed by atoms with Crippen molar-refractivity contribution in [3.8, 4) is 22.6 Å². The van der Waals surface area contributed by atoms with E-state index in [2.05, 4.69) is 4.98 Å². The minimum absolute atomic E-state index is 0.159. The molecule has 0 aliphatic carbocycles. The number of aromatic amines is 1. The summed E-state index contributed by atoms with van der Waals surface area (Å²) in [5, 5.41) is 18.9. The first-order chi connectivity index (χ1) is 12.2. The van der Waals surface area contributed by atoms with Gasteiger partial charge in [0.1, 0.15) is 16.9 Å². The Morgan fingerprint density at radius 3 is 2.35 bits per heavy atom. The van der Waals surface area contributed by atoms with Crippen molar-refractivity contribution >= 4 is 40.3 Å². The van der Waals surface area contributed by atoms with E-state index in [0.717, 1.165) is 0 Å². The van der Waals surface area contributed by atoms with E-state index in [9.17, 15) is 24.6 Å². The summed E-state index contributed by atoms with van der Waals surface area (Å²) in [6.45, 7) is 2.04. The van der Waals surface area contributed by atoms with Crippen LogP contribution >= 0.6 is 22.6 Å². The van der Waals surface area contributed by atoms with E-state index in [4.69, 9.17) is 15.2 Å². The number of carboxylic acids is 2. The molecule has 0 unspecified atom stereocenters. The molecule has 0 radical (unpaired) electrons. The predicted molar refractivity (Wildman–Crippen MR) is 101 cm³/mol. The Hall–Kier alpha value is -2.76. The number of rotatable bonds is 6. The van der Waals surface area contributed by atoms with Crippen molar-refractivity contribution in [3.63, 3.8) is 0 Å². The van der Waals surface area contributed by atoms with Gasteiger partial charge in [-0.05, 0) is 47.2 Å². The number of nitrogen functional groups attached to an aromatic ring is 1. The Balaban J connectivity index is 2.98. The van der Waals surface area contributed by atoms with Gasteiger partial charge in [0.25, 0.3) is 5.56 Å². The quantitative estimate of drug-likeness (QED) is 0.465. The lowest BCUT2D eigenvalue weighted by Crippen LogP contribution is -2.24. The van der Waals surface area contributed by atoms with Crippen LogP contribution in [0.25, 0.3) is 11.1 Å². The molecule has 0 atom stereocenters. The highest BCUT2D eigenvalue weighted by atomic mass is 127. The fourth-order valence-corrected chi connectivity index (χ4v) is 3.33. The van der Waals surface area contributed by atoms with Crippen LogP contribution in [0.4, 0.5) is 5.82 Å². The van der Waals surface area contributed by atoms with Crippen LogP contribution < -0.4 is 20.8 Å². The molecule has 1 aromatic heterocycles. The summed E-state index contributed by atoms with van der Waals surface area (Å²) in [5.41, 5.74) is 3.26. The van der Waals surface area contributed by atoms with Gasteiger partial charge < -0.3 is 30.4 Å². The maximum absolute atomic E-state index is 12.1. The third kappa shape index (κ3) is 3.45. The lowest BCUT2D eigenvalue weighted by atomic mass is 9.95. The standard InChI is InChI=1S/C16H15IN2O7/c1-3-26-8-5-6(4-7(17)12(8)25-2)9-10(15(21)22)13(18)19-14(20)11(9)16(23)24/h4-5H,3H2,1-2H3,(H,21,22)(H,23,24)(H3,18,19,20). The Kier molecular flexibility index (Phi) is 5.75. The van der Waals surface area contributed by atoms with E-state index in [1.54, 1.807) is 6.92 Å². The van der Waals surface area contributed by atoms with Crippen molar-refractivity contribution in [2.75, 3.05) is 19.5 Å². The summed E-state index contributed by atoms with van der Waals surface area (Å²) in [7, 11) is 1.44. The molecule has 138 valence electrons. The van der Waals surface area contributed by atoms with E-state index in [-0.39, 0.29) is 16.9 Å². The van der Waals surface area contributed by atoms with Crippen LogP contribution in [0.1, 0.15) is 27.6 Å². The molecular weight excluding hydrogens is 459 g/mol. The Morgan fingerprint density at radius 2 is 1.85 bits per heavy atom. The number of ether oxygens (including phenoxy) is 2. The minimum Gasteiger partial charge on any atom is -0.492 e. The van der Waals surface area contributed by atoms with Crippen LogP contribution in [0.2, 0.25) is 0 Å². The van der Waals surface area contributed by atoms with Crippen LogP contribution in [0.3, 0.4) is 0 Å². The van der Waals surface area contributed by atoms with E-state index >= 15 is 0 Å². The molecule has 5 N–H and O–H groups in total. The molecule has 0 amide bonds. The maximum atomic E-state index is 12.1. The molecule has 26 heavy (non-hydrogen) atoms. The average molecular weight is 474 g/mol. The minimum atomic E-state index is -1.58. The molecule has 0 spiro atoms. The Bertz CT molecular complexity index is 953. The van der Waals surface area contributed by atoms with E-state index in [1.165, 1.54) is 19.2 Å². The molecule has 1 heterocycles. The van der Waals surface area contributed by atoms with Crippen LogP contribution in [-0.2, 0) is 0 Å². The van der Waals surface area contributed by atoms with Crippen molar-refractivity contribution in [3.05, 3.63) is 37.2 Å². The molecule has 0 saturated carbocycles. The third-order valence-electron chi connectivity index (χ3n) is 3.47. The molecule has 2 rings (SSSR count). The number of carbonyl (C=O) groups is 2. The Labute approximate surface area is 160 Å². The van der Waals surface area contributed by atoms with Crippen molar-refractivity contribution in [1.29, 1.82) is 0 Å². The lowest BCUT2D eigenvalue weighted by Gasteiger charge is -2.16. The van der Waals surface area contributed by atoms with Gasteiger partial charge in [0.2, 0.25) is 0 Å². The molecule has 0 saturated heterocycles. The number of nitrogens with two attached hydrogens (primary N) is 1. The number of aromatic nitrogens is 1. The Morgan fingerprint density at radius 1 is 1.23 bits per heavy atom. The highest BCUT2D eigenvalue weighted by Crippen LogP contribution is 2.39. The summed E-state index contributed by atoms with van der Waals surface area (Å²) in [4.78, 5) is 37.4. The van der Waals surface area contributed by atoms with Gasteiger partial charge in [0.05, 0.1) is 17.3 Å². The van der Waals surface area contributed by atoms with E-state index < -0.39 is 34.4 Å². The molecular formula is C16H15IN2O7. The first kappa shape index (κ1) is 19.6. The monoisotopic (exact) mass is 474 g/mol. The third-order valence-corrected chi connectivity index (χ3v) is 4.28. The molecule has 2 aromatic rings. The van der Waals surface area contributed by atoms with Crippen molar-refractivity contribution in [1.82, 2.24) is 4.98 Å². The fraction of sp³-hybridized carbons (Fsp3) is 0.188. The van der Waals surface area contributed by atoms with Gasteiger partial charge in [-0.2, -0.15) is 0 Å². The second-order valence-corrected chi connectivity index (χ2v) is 6.19. The number of methoxy groups -OCH3 is 1. The maximum Gasteiger partial charge on any atom is 0.342 e.